The maximum Gasteiger partial charge on any atom is 0.191 e. The van der Waals surface area contributed by atoms with Crippen molar-refractivity contribution >= 4 is 23.1 Å². The molecule has 0 saturated carbocycles. The van der Waals surface area contributed by atoms with Gasteiger partial charge in [-0.2, -0.15) is 0 Å². The Morgan fingerprint density at radius 3 is 2.69 bits per heavy atom. The molecule has 0 amide bonds. The van der Waals surface area contributed by atoms with Crippen LogP contribution in [0.1, 0.15) is 5.69 Å². The second-order valence-corrected chi connectivity index (χ2v) is 7.91. The van der Waals surface area contributed by atoms with Crippen LogP contribution >= 0.6 is 23.1 Å². The van der Waals surface area contributed by atoms with Crippen molar-refractivity contribution in [3.8, 4) is 33.5 Å². The molecular formula is C20H19N5O2S2. The third kappa shape index (κ3) is 4.10. The Morgan fingerprint density at radius 1 is 1.07 bits per heavy atom. The van der Waals surface area contributed by atoms with Crippen LogP contribution < -0.4 is 9.47 Å². The van der Waals surface area contributed by atoms with Gasteiger partial charge in [-0.25, -0.2) is 4.98 Å². The van der Waals surface area contributed by atoms with E-state index in [1.807, 2.05) is 41.9 Å². The molecule has 0 radical (unpaired) electrons. The Balaban J connectivity index is 1.47. The second-order valence-electron chi connectivity index (χ2n) is 6.11. The molecule has 4 rings (SSSR count). The molecule has 0 bridgehead atoms. The molecule has 3 aromatic heterocycles. The van der Waals surface area contributed by atoms with Crippen molar-refractivity contribution in [2.75, 3.05) is 14.2 Å². The predicted molar refractivity (Wildman–Crippen MR) is 114 cm³/mol. The third-order valence-corrected chi connectivity index (χ3v) is 6.28. The smallest absolute Gasteiger partial charge is 0.191 e. The fraction of sp³-hybridized carbons (Fsp3) is 0.200. The van der Waals surface area contributed by atoms with E-state index in [1.165, 1.54) is 0 Å². The van der Waals surface area contributed by atoms with E-state index in [0.717, 1.165) is 32.8 Å². The maximum absolute atomic E-state index is 5.39. The normalized spacial score (nSPS) is 10.9. The Hall–Kier alpha value is -2.91. The zero-order valence-corrected chi connectivity index (χ0v) is 17.8. The molecule has 0 aliphatic rings. The molecule has 0 fully saturated rings. The van der Waals surface area contributed by atoms with Crippen molar-refractivity contribution in [3.05, 3.63) is 53.8 Å². The highest BCUT2D eigenvalue weighted by atomic mass is 32.2. The Morgan fingerprint density at radius 2 is 1.93 bits per heavy atom. The summed E-state index contributed by atoms with van der Waals surface area (Å²) in [4.78, 5) is 8.90. The summed E-state index contributed by atoms with van der Waals surface area (Å²) in [7, 11) is 5.22. The number of pyridine rings is 1. The molecule has 0 aliphatic heterocycles. The Bertz CT molecular complexity index is 1110. The second kappa shape index (κ2) is 8.62. The molecular weight excluding hydrogens is 406 g/mol. The molecule has 29 heavy (non-hydrogen) atoms. The van der Waals surface area contributed by atoms with Gasteiger partial charge < -0.3 is 14.0 Å². The van der Waals surface area contributed by atoms with E-state index in [2.05, 4.69) is 20.6 Å². The van der Waals surface area contributed by atoms with Crippen LogP contribution in [0.3, 0.4) is 0 Å². The summed E-state index contributed by atoms with van der Waals surface area (Å²) < 4.78 is 12.7. The minimum absolute atomic E-state index is 0.693. The van der Waals surface area contributed by atoms with Gasteiger partial charge in [-0.15, -0.1) is 21.5 Å². The van der Waals surface area contributed by atoms with Crippen LogP contribution in [0.2, 0.25) is 0 Å². The van der Waals surface area contributed by atoms with E-state index in [0.29, 0.717) is 17.3 Å². The van der Waals surface area contributed by atoms with Gasteiger partial charge in [-0.1, -0.05) is 11.8 Å². The summed E-state index contributed by atoms with van der Waals surface area (Å²) in [6.45, 7) is 0. The standard InChI is InChI=1S/C20H19N5O2S2/c1-25-18(14-5-4-8-21-10-14)23-24-20(25)29-12-15-11-28-19(22-15)13-6-7-16(26-2)17(9-13)27-3/h4-11H,12H2,1-3H3. The van der Waals surface area contributed by atoms with Crippen molar-refractivity contribution in [3.63, 3.8) is 0 Å². The van der Waals surface area contributed by atoms with E-state index >= 15 is 0 Å². The van der Waals surface area contributed by atoms with Crippen LogP contribution in [0.25, 0.3) is 22.0 Å². The molecule has 3 heterocycles. The van der Waals surface area contributed by atoms with Crippen LogP contribution in [0.15, 0.2) is 53.3 Å². The molecule has 0 unspecified atom stereocenters. The van der Waals surface area contributed by atoms with Crippen molar-refractivity contribution in [1.29, 1.82) is 0 Å². The average Bonchev–Trinajstić information content (AvgIpc) is 3.39. The largest absolute Gasteiger partial charge is 0.493 e. The number of ether oxygens (including phenoxy) is 2. The fourth-order valence-corrected chi connectivity index (χ4v) is 4.53. The minimum atomic E-state index is 0.693. The molecule has 4 aromatic rings. The first-order valence-corrected chi connectivity index (χ1v) is 10.7. The molecule has 9 heteroatoms. The number of aromatic nitrogens is 5. The number of hydrogen-bond donors (Lipinski definition) is 0. The van der Waals surface area contributed by atoms with Crippen LogP contribution in [-0.4, -0.2) is 39.0 Å². The lowest BCUT2D eigenvalue weighted by molar-refractivity contribution is 0.355. The van der Waals surface area contributed by atoms with E-state index in [9.17, 15) is 0 Å². The van der Waals surface area contributed by atoms with Gasteiger partial charge in [0.25, 0.3) is 0 Å². The van der Waals surface area contributed by atoms with Gasteiger partial charge in [0.1, 0.15) is 5.01 Å². The number of thiazole rings is 1. The summed E-state index contributed by atoms with van der Waals surface area (Å²) in [6, 6.07) is 9.68. The first kappa shape index (κ1) is 19.4. The summed E-state index contributed by atoms with van der Waals surface area (Å²) >= 11 is 3.21. The van der Waals surface area contributed by atoms with Crippen molar-refractivity contribution < 1.29 is 9.47 Å². The molecule has 1 aromatic carbocycles. The van der Waals surface area contributed by atoms with Gasteiger partial charge in [0.2, 0.25) is 0 Å². The average molecular weight is 426 g/mol. The summed E-state index contributed by atoms with van der Waals surface area (Å²) in [5.41, 5.74) is 2.94. The lowest BCUT2D eigenvalue weighted by Gasteiger charge is -2.08. The lowest BCUT2D eigenvalue weighted by atomic mass is 10.2. The highest BCUT2D eigenvalue weighted by Crippen LogP contribution is 2.34. The molecule has 0 N–H and O–H groups in total. The molecule has 7 nitrogen and oxygen atoms in total. The highest BCUT2D eigenvalue weighted by molar-refractivity contribution is 7.98. The summed E-state index contributed by atoms with van der Waals surface area (Å²) in [5, 5.41) is 12.4. The Labute approximate surface area is 176 Å². The van der Waals surface area contributed by atoms with Crippen LogP contribution in [0, 0.1) is 0 Å². The zero-order chi connectivity index (χ0) is 20.2. The molecule has 0 saturated heterocycles. The molecule has 0 spiro atoms. The molecule has 148 valence electrons. The summed E-state index contributed by atoms with van der Waals surface area (Å²) in [5.74, 6) is 2.90. The predicted octanol–water partition coefficient (Wildman–Crippen LogP) is 4.31. The number of hydrogen-bond acceptors (Lipinski definition) is 8. The summed E-state index contributed by atoms with van der Waals surface area (Å²) in [6.07, 6.45) is 3.53. The van der Waals surface area contributed by atoms with E-state index in [4.69, 9.17) is 14.5 Å². The Kier molecular flexibility index (Phi) is 5.77. The van der Waals surface area contributed by atoms with Crippen LogP contribution in [0.4, 0.5) is 0 Å². The quantitative estimate of drug-likeness (QED) is 0.408. The van der Waals surface area contributed by atoms with Gasteiger partial charge in [-0.3, -0.25) is 4.98 Å². The van der Waals surface area contributed by atoms with E-state index < -0.39 is 0 Å². The number of benzene rings is 1. The topological polar surface area (TPSA) is 75.0 Å². The fourth-order valence-electron chi connectivity index (χ4n) is 2.80. The van der Waals surface area contributed by atoms with Gasteiger partial charge in [-0.05, 0) is 30.3 Å². The van der Waals surface area contributed by atoms with Crippen LogP contribution in [-0.2, 0) is 12.8 Å². The van der Waals surface area contributed by atoms with Gasteiger partial charge >= 0.3 is 0 Å². The number of rotatable bonds is 7. The first-order valence-electron chi connectivity index (χ1n) is 8.79. The van der Waals surface area contributed by atoms with E-state index in [-0.39, 0.29) is 0 Å². The van der Waals surface area contributed by atoms with Gasteiger partial charge in [0, 0.05) is 41.7 Å². The number of thioether (sulfide) groups is 1. The monoisotopic (exact) mass is 425 g/mol. The van der Waals surface area contributed by atoms with Crippen molar-refractivity contribution in [1.82, 2.24) is 24.7 Å². The van der Waals surface area contributed by atoms with Crippen LogP contribution in [0.5, 0.6) is 11.5 Å². The van der Waals surface area contributed by atoms with Crippen molar-refractivity contribution in [2.24, 2.45) is 7.05 Å². The number of nitrogens with zero attached hydrogens (tertiary/aromatic N) is 5. The highest BCUT2D eigenvalue weighted by Gasteiger charge is 2.13. The minimum Gasteiger partial charge on any atom is -0.493 e. The number of methoxy groups -OCH3 is 2. The maximum atomic E-state index is 5.39. The van der Waals surface area contributed by atoms with Crippen molar-refractivity contribution in [2.45, 2.75) is 10.9 Å². The zero-order valence-electron chi connectivity index (χ0n) is 16.2. The SMILES string of the molecule is COc1ccc(-c2nc(CSc3nnc(-c4cccnc4)n3C)cs2)cc1OC. The molecule has 0 aliphatic carbocycles. The van der Waals surface area contributed by atoms with Gasteiger partial charge in [0.05, 0.1) is 19.9 Å². The van der Waals surface area contributed by atoms with E-state index in [1.54, 1.807) is 49.7 Å². The lowest BCUT2D eigenvalue weighted by Crippen LogP contribution is -1.95. The molecule has 0 atom stereocenters. The third-order valence-electron chi connectivity index (χ3n) is 4.29. The van der Waals surface area contributed by atoms with Gasteiger partial charge in [0.15, 0.2) is 22.5 Å². The first-order chi connectivity index (χ1) is 14.2.